The van der Waals surface area contributed by atoms with E-state index in [0.717, 1.165) is 19.9 Å². The molecule has 9 nitrogen and oxygen atoms in total. The first-order chi connectivity index (χ1) is 22.3. The van der Waals surface area contributed by atoms with Gasteiger partial charge in [-0.15, -0.1) is 0 Å². The van der Waals surface area contributed by atoms with Crippen LogP contribution in [0, 0.1) is 0 Å². The van der Waals surface area contributed by atoms with Crippen molar-refractivity contribution in [2.75, 3.05) is 25.1 Å². The SMILES string of the molecule is COc1ccc(S(=O)(=O)N(CC(=O)N(Cc2cccc(Br)c2)[C@H](Cc2ccccc2)C(=O)NC(C)(C)C)c2ccccc2)cc1OC. The number of ether oxygens (including phenoxy) is 2. The van der Waals surface area contributed by atoms with Gasteiger partial charge in [-0.25, -0.2) is 8.42 Å². The second-order valence-electron chi connectivity index (χ2n) is 12.0. The van der Waals surface area contributed by atoms with E-state index in [-0.39, 0.29) is 35.2 Å². The van der Waals surface area contributed by atoms with E-state index in [2.05, 4.69) is 21.2 Å². The summed E-state index contributed by atoms with van der Waals surface area (Å²) in [6, 6.07) is 28.6. The van der Waals surface area contributed by atoms with Crippen LogP contribution in [-0.2, 0) is 32.6 Å². The minimum Gasteiger partial charge on any atom is -0.493 e. The molecule has 4 aromatic carbocycles. The highest BCUT2D eigenvalue weighted by molar-refractivity contribution is 9.10. The van der Waals surface area contributed by atoms with Crippen LogP contribution in [0.4, 0.5) is 5.69 Å². The molecule has 4 rings (SSSR count). The zero-order chi connectivity index (χ0) is 34.2. The van der Waals surface area contributed by atoms with Crippen molar-refractivity contribution in [1.29, 1.82) is 0 Å². The highest BCUT2D eigenvalue weighted by Gasteiger charge is 2.36. The minimum atomic E-state index is -4.31. The molecule has 4 aromatic rings. The summed E-state index contributed by atoms with van der Waals surface area (Å²) in [5.41, 5.74) is 1.33. The van der Waals surface area contributed by atoms with Gasteiger partial charge < -0.3 is 19.7 Å². The maximum atomic E-state index is 14.6. The number of amides is 2. The fourth-order valence-electron chi connectivity index (χ4n) is 5.07. The van der Waals surface area contributed by atoms with Gasteiger partial charge in [-0.1, -0.05) is 76.6 Å². The third kappa shape index (κ3) is 9.36. The molecule has 0 aromatic heterocycles. The Labute approximate surface area is 285 Å². The molecule has 47 heavy (non-hydrogen) atoms. The molecule has 0 heterocycles. The number of hydrogen-bond acceptors (Lipinski definition) is 6. The standard InChI is InChI=1S/C36H40BrN3O6S/c1-36(2,3)38-35(42)31(22-26-13-8-6-9-14-26)39(24-27-15-12-16-28(37)21-27)34(41)25-40(29-17-10-7-11-18-29)47(43,44)30-19-20-32(45-4)33(23-30)46-5/h6-21,23,31H,22,24-25H2,1-5H3,(H,38,42)/t31-/m1/s1. The van der Waals surface area contributed by atoms with Gasteiger partial charge in [0.1, 0.15) is 12.6 Å². The zero-order valence-electron chi connectivity index (χ0n) is 27.1. The van der Waals surface area contributed by atoms with Crippen molar-refractivity contribution in [3.05, 3.63) is 119 Å². The lowest BCUT2D eigenvalue weighted by Gasteiger charge is -2.35. The monoisotopic (exact) mass is 721 g/mol. The molecule has 0 unspecified atom stereocenters. The zero-order valence-corrected chi connectivity index (χ0v) is 29.5. The fraction of sp³-hybridized carbons (Fsp3) is 0.278. The topological polar surface area (TPSA) is 105 Å². The Kier molecular flexibility index (Phi) is 11.7. The van der Waals surface area contributed by atoms with E-state index in [4.69, 9.17) is 9.47 Å². The average molecular weight is 723 g/mol. The number of hydrogen-bond donors (Lipinski definition) is 1. The van der Waals surface area contributed by atoms with E-state index in [1.165, 1.54) is 37.3 Å². The van der Waals surface area contributed by atoms with Crippen LogP contribution >= 0.6 is 15.9 Å². The first-order valence-electron chi connectivity index (χ1n) is 15.0. The number of nitrogens with zero attached hydrogens (tertiary/aromatic N) is 2. The molecule has 0 saturated heterocycles. The molecule has 0 aliphatic heterocycles. The maximum Gasteiger partial charge on any atom is 0.264 e. The third-order valence-corrected chi connectivity index (χ3v) is 9.54. The number of para-hydroxylation sites is 1. The minimum absolute atomic E-state index is 0.0619. The molecule has 248 valence electrons. The van der Waals surface area contributed by atoms with E-state index >= 15 is 0 Å². The van der Waals surface area contributed by atoms with Crippen LogP contribution in [0.1, 0.15) is 31.9 Å². The molecule has 1 N–H and O–H groups in total. The van der Waals surface area contributed by atoms with Gasteiger partial charge in [-0.05, 0) is 68.3 Å². The predicted octanol–water partition coefficient (Wildman–Crippen LogP) is 6.22. The summed E-state index contributed by atoms with van der Waals surface area (Å²) in [6.07, 6.45) is 0.219. The summed E-state index contributed by atoms with van der Waals surface area (Å²) < 4.78 is 41.2. The van der Waals surface area contributed by atoms with E-state index in [1.807, 2.05) is 75.4 Å². The van der Waals surface area contributed by atoms with Crippen molar-refractivity contribution < 1.29 is 27.5 Å². The number of sulfonamides is 1. The Hall–Kier alpha value is -4.35. The number of methoxy groups -OCH3 is 2. The van der Waals surface area contributed by atoms with Crippen LogP contribution in [0.5, 0.6) is 11.5 Å². The van der Waals surface area contributed by atoms with Crippen molar-refractivity contribution in [3.8, 4) is 11.5 Å². The number of benzene rings is 4. The van der Waals surface area contributed by atoms with Crippen molar-refractivity contribution in [3.63, 3.8) is 0 Å². The number of rotatable bonds is 13. The predicted molar refractivity (Wildman–Crippen MR) is 187 cm³/mol. The Morgan fingerprint density at radius 3 is 2.02 bits per heavy atom. The van der Waals surface area contributed by atoms with Gasteiger partial charge in [0.15, 0.2) is 11.5 Å². The number of anilines is 1. The second kappa shape index (κ2) is 15.5. The summed E-state index contributed by atoms with van der Waals surface area (Å²) in [4.78, 5) is 30.0. The molecule has 1 atom stereocenters. The van der Waals surface area contributed by atoms with Crippen LogP contribution in [-0.4, -0.2) is 57.5 Å². The Morgan fingerprint density at radius 1 is 0.809 bits per heavy atom. The summed E-state index contributed by atoms with van der Waals surface area (Å²) in [7, 11) is -1.43. The van der Waals surface area contributed by atoms with Gasteiger partial charge in [-0.3, -0.25) is 13.9 Å². The van der Waals surface area contributed by atoms with Gasteiger partial charge in [0.2, 0.25) is 11.8 Å². The highest BCUT2D eigenvalue weighted by Crippen LogP contribution is 2.32. The largest absolute Gasteiger partial charge is 0.493 e. The van der Waals surface area contributed by atoms with E-state index in [0.29, 0.717) is 5.75 Å². The van der Waals surface area contributed by atoms with Gasteiger partial charge in [-0.2, -0.15) is 0 Å². The van der Waals surface area contributed by atoms with Crippen molar-refractivity contribution in [1.82, 2.24) is 10.2 Å². The first-order valence-corrected chi connectivity index (χ1v) is 17.3. The fourth-order valence-corrected chi connectivity index (χ4v) is 6.94. The van der Waals surface area contributed by atoms with Crippen molar-refractivity contribution >= 4 is 43.5 Å². The molecule has 0 aliphatic carbocycles. The molecular weight excluding hydrogens is 682 g/mol. The van der Waals surface area contributed by atoms with Crippen LogP contribution in [0.15, 0.2) is 112 Å². The lowest BCUT2D eigenvalue weighted by molar-refractivity contribution is -0.140. The highest BCUT2D eigenvalue weighted by atomic mass is 79.9. The molecule has 0 fully saturated rings. The summed E-state index contributed by atoms with van der Waals surface area (Å²) in [6.45, 7) is 5.11. The quantitative estimate of drug-likeness (QED) is 0.176. The second-order valence-corrected chi connectivity index (χ2v) is 14.7. The number of nitrogens with one attached hydrogen (secondary N) is 1. The molecule has 0 radical (unpaired) electrons. The van der Waals surface area contributed by atoms with E-state index in [1.54, 1.807) is 30.3 Å². The molecule has 0 aliphatic rings. The Balaban J connectivity index is 1.82. The van der Waals surface area contributed by atoms with Crippen molar-refractivity contribution in [2.24, 2.45) is 0 Å². The lowest BCUT2D eigenvalue weighted by atomic mass is 10.0. The van der Waals surface area contributed by atoms with Gasteiger partial charge in [0.05, 0.1) is 24.8 Å². The molecule has 0 bridgehead atoms. The molecule has 11 heteroatoms. The molecule has 2 amide bonds. The van der Waals surface area contributed by atoms with E-state index < -0.39 is 34.1 Å². The van der Waals surface area contributed by atoms with Gasteiger partial charge in [0.25, 0.3) is 10.0 Å². The number of carbonyl (C=O) groups excluding carboxylic acids is 2. The molecular formula is C36H40BrN3O6S. The van der Waals surface area contributed by atoms with Gasteiger partial charge >= 0.3 is 0 Å². The maximum absolute atomic E-state index is 14.6. The van der Waals surface area contributed by atoms with Crippen LogP contribution in [0.3, 0.4) is 0 Å². The normalized spacial score (nSPS) is 12.1. The summed E-state index contributed by atoms with van der Waals surface area (Å²) in [5.74, 6) is -0.310. The smallest absolute Gasteiger partial charge is 0.264 e. The Morgan fingerprint density at radius 2 is 1.43 bits per heavy atom. The summed E-state index contributed by atoms with van der Waals surface area (Å²) in [5, 5.41) is 3.04. The van der Waals surface area contributed by atoms with E-state index in [9.17, 15) is 18.0 Å². The average Bonchev–Trinajstić information content (AvgIpc) is 3.04. The van der Waals surface area contributed by atoms with Gasteiger partial charge in [0, 0.05) is 29.0 Å². The third-order valence-electron chi connectivity index (χ3n) is 7.28. The number of halogens is 1. The molecule has 0 saturated carbocycles. The summed E-state index contributed by atoms with van der Waals surface area (Å²) >= 11 is 3.50. The van der Waals surface area contributed by atoms with Crippen LogP contribution in [0.2, 0.25) is 0 Å². The first kappa shape index (κ1) is 35.5. The lowest BCUT2D eigenvalue weighted by Crippen LogP contribution is -2.56. The Bertz CT molecular complexity index is 1780. The molecule has 0 spiro atoms. The van der Waals surface area contributed by atoms with Crippen LogP contribution in [0.25, 0.3) is 0 Å². The van der Waals surface area contributed by atoms with Crippen LogP contribution < -0.4 is 19.1 Å². The number of carbonyl (C=O) groups is 2. The van der Waals surface area contributed by atoms with Crippen molar-refractivity contribution in [2.45, 2.75) is 50.2 Å².